The Balaban J connectivity index is 2.36. The summed E-state index contributed by atoms with van der Waals surface area (Å²) in [6.45, 7) is 1.90. The summed E-state index contributed by atoms with van der Waals surface area (Å²) >= 11 is 0. The minimum atomic E-state index is -0.429. The van der Waals surface area contributed by atoms with E-state index < -0.39 is 5.92 Å². The summed E-state index contributed by atoms with van der Waals surface area (Å²) in [6.07, 6.45) is 5.68. The molecule has 5 nitrogen and oxygen atoms in total. The van der Waals surface area contributed by atoms with Crippen LogP contribution < -0.4 is 0 Å². The largest absolute Gasteiger partial charge is 0.468 e. The lowest BCUT2D eigenvalue weighted by atomic mass is 10.1. The second kappa shape index (κ2) is 6.04. The van der Waals surface area contributed by atoms with Gasteiger partial charge >= 0.3 is 5.97 Å². The summed E-state index contributed by atoms with van der Waals surface area (Å²) in [5, 5.41) is 0. The maximum absolute atomic E-state index is 11.7. The SMILES string of the molecule is CCC(C(=O)OC)c1nccc(-c2cccnc2)n1. The maximum Gasteiger partial charge on any atom is 0.316 e. The molecule has 2 heterocycles. The summed E-state index contributed by atoms with van der Waals surface area (Å²) in [4.78, 5) is 24.3. The first-order valence-corrected chi connectivity index (χ1v) is 6.07. The molecule has 1 atom stereocenters. The predicted molar refractivity (Wildman–Crippen MR) is 70.3 cm³/mol. The minimum absolute atomic E-state index is 0.314. The van der Waals surface area contributed by atoms with Gasteiger partial charge in [-0.1, -0.05) is 6.92 Å². The number of nitrogens with zero attached hydrogens (tertiary/aromatic N) is 3. The Kier molecular flexibility index (Phi) is 4.18. The molecule has 19 heavy (non-hydrogen) atoms. The van der Waals surface area contributed by atoms with Crippen molar-refractivity contribution in [3.63, 3.8) is 0 Å². The third kappa shape index (κ3) is 2.93. The van der Waals surface area contributed by atoms with Gasteiger partial charge in [0.25, 0.3) is 0 Å². The standard InChI is InChI=1S/C14H15N3O2/c1-3-11(14(18)19-2)13-16-8-6-12(17-13)10-5-4-7-15-9-10/h4-9,11H,3H2,1-2H3. The first-order valence-electron chi connectivity index (χ1n) is 6.07. The van der Waals surface area contributed by atoms with Crippen LogP contribution in [0.2, 0.25) is 0 Å². The second-order valence-electron chi connectivity index (χ2n) is 4.03. The fourth-order valence-electron chi connectivity index (χ4n) is 1.81. The highest BCUT2D eigenvalue weighted by molar-refractivity contribution is 5.77. The molecule has 0 aliphatic heterocycles. The number of rotatable bonds is 4. The molecule has 0 fully saturated rings. The van der Waals surface area contributed by atoms with Gasteiger partial charge in [0, 0.05) is 24.2 Å². The monoisotopic (exact) mass is 257 g/mol. The third-order valence-corrected chi connectivity index (χ3v) is 2.84. The van der Waals surface area contributed by atoms with E-state index >= 15 is 0 Å². The topological polar surface area (TPSA) is 65.0 Å². The Labute approximate surface area is 111 Å². The molecular weight excluding hydrogens is 242 g/mol. The minimum Gasteiger partial charge on any atom is -0.468 e. The van der Waals surface area contributed by atoms with Crippen molar-refractivity contribution in [2.45, 2.75) is 19.3 Å². The van der Waals surface area contributed by atoms with E-state index in [0.717, 1.165) is 11.3 Å². The van der Waals surface area contributed by atoms with Crippen molar-refractivity contribution in [3.05, 3.63) is 42.6 Å². The quantitative estimate of drug-likeness (QED) is 0.786. The summed E-state index contributed by atoms with van der Waals surface area (Å²) in [5.74, 6) is -0.261. The van der Waals surface area contributed by atoms with Gasteiger partial charge in [-0.05, 0) is 24.6 Å². The Morgan fingerprint density at radius 3 is 2.84 bits per heavy atom. The van der Waals surface area contributed by atoms with Gasteiger partial charge in [0.15, 0.2) is 0 Å². The molecule has 0 aliphatic rings. The molecular formula is C14H15N3O2. The highest BCUT2D eigenvalue weighted by atomic mass is 16.5. The van der Waals surface area contributed by atoms with E-state index in [2.05, 4.69) is 15.0 Å². The van der Waals surface area contributed by atoms with Crippen LogP contribution >= 0.6 is 0 Å². The summed E-state index contributed by atoms with van der Waals surface area (Å²) in [6, 6.07) is 5.55. The van der Waals surface area contributed by atoms with Gasteiger partial charge in [-0.15, -0.1) is 0 Å². The zero-order valence-corrected chi connectivity index (χ0v) is 10.9. The normalized spacial score (nSPS) is 11.9. The van der Waals surface area contributed by atoms with Gasteiger partial charge < -0.3 is 4.74 Å². The molecule has 2 aromatic rings. The van der Waals surface area contributed by atoms with Crippen LogP contribution in [0.5, 0.6) is 0 Å². The zero-order chi connectivity index (χ0) is 13.7. The molecule has 0 aliphatic carbocycles. The second-order valence-corrected chi connectivity index (χ2v) is 4.03. The first kappa shape index (κ1) is 13.1. The van der Waals surface area contributed by atoms with E-state index in [1.807, 2.05) is 19.1 Å². The Morgan fingerprint density at radius 1 is 1.37 bits per heavy atom. The van der Waals surface area contributed by atoms with Crippen molar-refractivity contribution < 1.29 is 9.53 Å². The predicted octanol–water partition coefficient (Wildman–Crippen LogP) is 2.21. The molecule has 0 radical (unpaired) electrons. The van der Waals surface area contributed by atoms with E-state index in [0.29, 0.717) is 12.2 Å². The van der Waals surface area contributed by atoms with Gasteiger partial charge in [-0.2, -0.15) is 0 Å². The van der Waals surface area contributed by atoms with E-state index in [9.17, 15) is 4.79 Å². The Bertz CT molecular complexity index is 558. The lowest BCUT2D eigenvalue weighted by molar-refractivity contribution is -0.142. The number of carbonyl (C=O) groups is 1. The van der Waals surface area contributed by atoms with Crippen LogP contribution in [0.1, 0.15) is 25.1 Å². The Morgan fingerprint density at radius 2 is 2.21 bits per heavy atom. The van der Waals surface area contributed by atoms with E-state index in [-0.39, 0.29) is 5.97 Å². The van der Waals surface area contributed by atoms with Crippen LogP contribution in [0.3, 0.4) is 0 Å². The number of aromatic nitrogens is 3. The fraction of sp³-hybridized carbons (Fsp3) is 0.286. The molecule has 2 rings (SSSR count). The molecule has 5 heteroatoms. The summed E-state index contributed by atoms with van der Waals surface area (Å²) < 4.78 is 4.77. The smallest absolute Gasteiger partial charge is 0.316 e. The number of esters is 1. The molecule has 0 saturated carbocycles. The first-order chi connectivity index (χ1) is 9.26. The van der Waals surface area contributed by atoms with Crippen LogP contribution in [0, 0.1) is 0 Å². The van der Waals surface area contributed by atoms with Crippen molar-refractivity contribution in [1.29, 1.82) is 0 Å². The number of ether oxygens (including phenoxy) is 1. The highest BCUT2D eigenvalue weighted by Gasteiger charge is 2.22. The van der Waals surface area contributed by atoms with E-state index in [1.54, 1.807) is 24.7 Å². The van der Waals surface area contributed by atoms with Gasteiger partial charge in [-0.25, -0.2) is 9.97 Å². The van der Waals surface area contributed by atoms with Gasteiger partial charge in [-0.3, -0.25) is 9.78 Å². The van der Waals surface area contributed by atoms with Gasteiger partial charge in [0.2, 0.25) is 0 Å². The number of hydrogen-bond donors (Lipinski definition) is 0. The molecule has 0 aromatic carbocycles. The summed E-state index contributed by atoms with van der Waals surface area (Å²) in [7, 11) is 1.37. The van der Waals surface area contributed by atoms with E-state index in [1.165, 1.54) is 7.11 Å². The lowest BCUT2D eigenvalue weighted by Crippen LogP contribution is -2.16. The molecule has 98 valence electrons. The van der Waals surface area contributed by atoms with Crippen LogP contribution in [0.4, 0.5) is 0 Å². The summed E-state index contributed by atoms with van der Waals surface area (Å²) in [5.41, 5.74) is 1.64. The number of hydrogen-bond acceptors (Lipinski definition) is 5. The van der Waals surface area contributed by atoms with Crippen molar-refractivity contribution in [3.8, 4) is 11.3 Å². The van der Waals surface area contributed by atoms with Crippen LogP contribution in [-0.4, -0.2) is 28.0 Å². The molecule has 0 saturated heterocycles. The molecule has 0 spiro atoms. The lowest BCUT2D eigenvalue weighted by Gasteiger charge is -2.11. The van der Waals surface area contributed by atoms with Gasteiger partial charge in [0.1, 0.15) is 11.7 Å². The fourth-order valence-corrected chi connectivity index (χ4v) is 1.81. The average Bonchev–Trinajstić information content (AvgIpc) is 2.49. The molecule has 0 amide bonds. The Hall–Kier alpha value is -2.30. The van der Waals surface area contributed by atoms with Crippen molar-refractivity contribution >= 4 is 5.97 Å². The van der Waals surface area contributed by atoms with Crippen molar-refractivity contribution in [2.24, 2.45) is 0 Å². The molecule has 2 aromatic heterocycles. The van der Waals surface area contributed by atoms with Crippen LogP contribution in [-0.2, 0) is 9.53 Å². The van der Waals surface area contributed by atoms with E-state index in [4.69, 9.17) is 4.74 Å². The third-order valence-electron chi connectivity index (χ3n) is 2.84. The number of methoxy groups -OCH3 is 1. The maximum atomic E-state index is 11.7. The molecule has 1 unspecified atom stereocenters. The van der Waals surface area contributed by atoms with Crippen LogP contribution in [0.25, 0.3) is 11.3 Å². The average molecular weight is 257 g/mol. The van der Waals surface area contributed by atoms with Crippen molar-refractivity contribution in [2.75, 3.05) is 7.11 Å². The van der Waals surface area contributed by atoms with Crippen LogP contribution in [0.15, 0.2) is 36.8 Å². The zero-order valence-electron chi connectivity index (χ0n) is 10.9. The highest BCUT2D eigenvalue weighted by Crippen LogP contribution is 2.21. The molecule has 0 N–H and O–H groups in total. The number of carbonyl (C=O) groups excluding carboxylic acids is 1. The molecule has 0 bridgehead atoms. The van der Waals surface area contributed by atoms with Crippen molar-refractivity contribution in [1.82, 2.24) is 15.0 Å². The number of pyridine rings is 1. The van der Waals surface area contributed by atoms with Gasteiger partial charge in [0.05, 0.1) is 12.8 Å².